The zero-order valence-corrected chi connectivity index (χ0v) is 23.6. The van der Waals surface area contributed by atoms with Crippen LogP contribution in [0.5, 0.6) is 5.75 Å². The van der Waals surface area contributed by atoms with Crippen LogP contribution in [-0.2, 0) is 11.3 Å². The lowest BCUT2D eigenvalue weighted by Crippen LogP contribution is -2.67. The molecule has 214 valence electrons. The van der Waals surface area contributed by atoms with Crippen LogP contribution >= 0.6 is 0 Å². The van der Waals surface area contributed by atoms with Crippen LogP contribution in [0.2, 0.25) is 0 Å². The minimum absolute atomic E-state index is 0.0420. The van der Waals surface area contributed by atoms with Crippen molar-refractivity contribution in [3.63, 3.8) is 0 Å². The van der Waals surface area contributed by atoms with E-state index in [9.17, 15) is 14.9 Å². The predicted molar refractivity (Wildman–Crippen MR) is 160 cm³/mol. The predicted octanol–water partition coefficient (Wildman–Crippen LogP) is 6.66. The zero-order chi connectivity index (χ0) is 29.3. The molecular formula is C34H34N3O5+. The fraction of sp³-hybridized carbons (Fsp3) is 0.294. The highest BCUT2D eigenvalue weighted by molar-refractivity contribution is 5.90. The maximum absolute atomic E-state index is 13.7. The first-order valence-electron chi connectivity index (χ1n) is 14.3. The Morgan fingerprint density at radius 2 is 1.93 bits per heavy atom. The van der Waals surface area contributed by atoms with Crippen LogP contribution in [0.25, 0.3) is 10.9 Å². The molecular weight excluding hydrogens is 530 g/mol. The van der Waals surface area contributed by atoms with Gasteiger partial charge in [-0.2, -0.15) is 0 Å². The molecule has 42 heavy (non-hydrogen) atoms. The van der Waals surface area contributed by atoms with Crippen LogP contribution < -0.4 is 4.74 Å². The van der Waals surface area contributed by atoms with E-state index in [1.807, 2.05) is 54.6 Å². The first-order valence-corrected chi connectivity index (χ1v) is 14.3. The monoisotopic (exact) mass is 564 g/mol. The lowest BCUT2D eigenvalue weighted by Gasteiger charge is -2.58. The number of nitrogens with zero attached hydrogens (tertiary/aromatic N) is 3. The third-order valence-electron chi connectivity index (χ3n) is 9.20. The topological polar surface area (TPSA) is 91.6 Å². The first-order chi connectivity index (χ1) is 20.4. The van der Waals surface area contributed by atoms with Gasteiger partial charge in [-0.3, -0.25) is 15.1 Å². The Balaban J connectivity index is 1.47. The molecule has 1 aromatic heterocycles. The molecule has 0 aliphatic carbocycles. The van der Waals surface area contributed by atoms with Crippen LogP contribution in [0, 0.1) is 22.0 Å². The van der Waals surface area contributed by atoms with Gasteiger partial charge < -0.3 is 14.0 Å². The van der Waals surface area contributed by atoms with Crippen LogP contribution in [0.15, 0.2) is 97.7 Å². The molecule has 8 heteroatoms. The summed E-state index contributed by atoms with van der Waals surface area (Å²) in [5, 5.41) is 12.2. The third-order valence-corrected chi connectivity index (χ3v) is 9.20. The lowest BCUT2D eigenvalue weighted by molar-refractivity contribution is -0.984. The summed E-state index contributed by atoms with van der Waals surface area (Å²) in [5.41, 5.74) is 3.29. The number of pyridine rings is 1. The number of esters is 1. The summed E-state index contributed by atoms with van der Waals surface area (Å²) in [4.78, 5) is 29.2. The van der Waals surface area contributed by atoms with Crippen LogP contribution in [0.4, 0.5) is 5.69 Å². The maximum Gasteiger partial charge on any atom is 0.338 e. The van der Waals surface area contributed by atoms with Crippen molar-refractivity contribution in [3.05, 3.63) is 125 Å². The smallest absolute Gasteiger partial charge is 0.338 e. The number of benzene rings is 3. The molecule has 0 unspecified atom stereocenters. The van der Waals surface area contributed by atoms with Gasteiger partial charge in [0, 0.05) is 53.6 Å². The molecule has 7 rings (SSSR count). The largest absolute Gasteiger partial charge is 0.497 e. The zero-order valence-electron chi connectivity index (χ0n) is 23.6. The SMILES string of the molecule is C=C[C@H]1C[N@+]2(Cc3ccc([N+](=O)[O-])cc3)CC[C@H]1C[C@@H]2[C@@H](OC(=O)c1ccccc1)c1ccnc2ccc(OC)cc12. The highest BCUT2D eigenvalue weighted by atomic mass is 16.6. The third kappa shape index (κ3) is 5.14. The highest BCUT2D eigenvalue weighted by Crippen LogP contribution is 2.49. The molecule has 0 radical (unpaired) electrons. The Hall–Kier alpha value is -4.56. The lowest BCUT2D eigenvalue weighted by atomic mass is 9.71. The minimum Gasteiger partial charge on any atom is -0.497 e. The van der Waals surface area contributed by atoms with Crippen LogP contribution in [-0.4, -0.2) is 46.6 Å². The van der Waals surface area contributed by atoms with Gasteiger partial charge in [-0.15, -0.1) is 6.58 Å². The quantitative estimate of drug-likeness (QED) is 0.0742. The number of carbonyl (C=O) groups excluding carboxylic acids is 1. The molecule has 5 atom stereocenters. The molecule has 8 nitrogen and oxygen atoms in total. The van der Waals surface area contributed by atoms with Gasteiger partial charge in [-0.05, 0) is 54.4 Å². The maximum atomic E-state index is 13.7. The second-order valence-corrected chi connectivity index (χ2v) is 11.4. The summed E-state index contributed by atoms with van der Waals surface area (Å²) >= 11 is 0. The van der Waals surface area contributed by atoms with Gasteiger partial charge in [-0.25, -0.2) is 4.79 Å². The Labute approximate surface area is 245 Å². The Morgan fingerprint density at radius 1 is 1.14 bits per heavy atom. The van der Waals surface area contributed by atoms with E-state index in [-0.39, 0.29) is 22.6 Å². The van der Waals surface area contributed by atoms with Gasteiger partial charge in [0.05, 0.1) is 36.2 Å². The number of nitro groups is 1. The van der Waals surface area contributed by atoms with E-state index in [1.54, 1.807) is 37.6 Å². The molecule has 0 spiro atoms. The van der Waals surface area contributed by atoms with Crippen molar-refractivity contribution in [2.75, 3.05) is 20.2 Å². The Kier molecular flexibility index (Phi) is 7.47. The molecule has 0 N–H and O–H groups in total. The number of aromatic nitrogens is 1. The van der Waals surface area contributed by atoms with Gasteiger partial charge >= 0.3 is 5.97 Å². The number of hydrogen-bond acceptors (Lipinski definition) is 6. The number of quaternary nitrogens is 1. The molecule has 3 aliphatic heterocycles. The van der Waals surface area contributed by atoms with E-state index in [0.717, 1.165) is 48.0 Å². The van der Waals surface area contributed by atoms with Crippen LogP contribution in [0.1, 0.15) is 40.4 Å². The Bertz CT molecular complexity index is 1620. The van der Waals surface area contributed by atoms with Crippen molar-refractivity contribution in [2.45, 2.75) is 31.5 Å². The summed E-state index contributed by atoms with van der Waals surface area (Å²) in [6.45, 7) is 6.61. The number of piperidine rings is 3. The number of fused-ring (bicyclic) bond motifs is 4. The molecule has 4 heterocycles. The number of carbonyl (C=O) groups is 1. The van der Waals surface area contributed by atoms with Gasteiger partial charge in [0.1, 0.15) is 18.3 Å². The van der Waals surface area contributed by atoms with E-state index >= 15 is 0 Å². The Morgan fingerprint density at radius 3 is 2.64 bits per heavy atom. The average Bonchev–Trinajstić information content (AvgIpc) is 3.03. The number of nitro benzene ring substituents is 1. The van der Waals surface area contributed by atoms with Crippen molar-refractivity contribution in [2.24, 2.45) is 11.8 Å². The van der Waals surface area contributed by atoms with Crippen molar-refractivity contribution in [1.82, 2.24) is 4.98 Å². The first kappa shape index (κ1) is 27.6. The van der Waals surface area contributed by atoms with Gasteiger partial charge in [0.2, 0.25) is 0 Å². The number of methoxy groups -OCH3 is 1. The second-order valence-electron chi connectivity index (χ2n) is 11.4. The van der Waals surface area contributed by atoms with E-state index in [0.29, 0.717) is 34.2 Å². The van der Waals surface area contributed by atoms with E-state index in [2.05, 4.69) is 17.6 Å². The molecule has 0 saturated carbocycles. The van der Waals surface area contributed by atoms with Gasteiger partial charge in [-0.1, -0.05) is 24.3 Å². The molecule has 0 amide bonds. The van der Waals surface area contributed by atoms with E-state index in [1.165, 1.54) is 0 Å². The highest BCUT2D eigenvalue weighted by Gasteiger charge is 2.55. The number of ether oxygens (including phenoxy) is 2. The summed E-state index contributed by atoms with van der Waals surface area (Å²) in [5.74, 6) is 1.11. The fourth-order valence-corrected chi connectivity index (χ4v) is 7.08. The molecule has 2 bridgehead atoms. The number of hydrogen-bond donors (Lipinski definition) is 0. The molecule has 4 aromatic rings. The summed E-state index contributed by atoms with van der Waals surface area (Å²) < 4.78 is 12.8. The van der Waals surface area contributed by atoms with Gasteiger partial charge in [0.15, 0.2) is 6.10 Å². The standard InChI is InChI=1S/C34H34N3O5/c1-3-24-22-37(21-23-9-11-27(12-10-23)36(39)40)18-16-26(24)19-32(37)33(42-34(38)25-7-5-4-6-8-25)29-15-17-35-31-14-13-28(41-2)20-30(29)31/h3-15,17,20,24,26,32-33H,1,16,18-19,21-22H2,2H3/q+1/t24-,26-,32+,33-,37+/m0/s1. The molecule has 3 aromatic carbocycles. The minimum atomic E-state index is -0.554. The number of non-ortho nitro benzene ring substituents is 1. The molecule has 3 saturated heterocycles. The van der Waals surface area contributed by atoms with E-state index in [4.69, 9.17) is 9.47 Å². The summed E-state index contributed by atoms with van der Waals surface area (Å²) in [7, 11) is 1.63. The van der Waals surface area contributed by atoms with Crippen molar-refractivity contribution in [3.8, 4) is 5.75 Å². The summed E-state index contributed by atoms with van der Waals surface area (Å²) in [6, 6.07) is 23.6. The van der Waals surface area contributed by atoms with Crippen molar-refractivity contribution >= 4 is 22.6 Å². The summed E-state index contributed by atoms with van der Waals surface area (Å²) in [6.07, 6.45) is 5.20. The fourth-order valence-electron chi connectivity index (χ4n) is 7.08. The molecule has 3 fully saturated rings. The van der Waals surface area contributed by atoms with Crippen molar-refractivity contribution in [1.29, 1.82) is 0 Å². The number of rotatable bonds is 9. The average molecular weight is 565 g/mol. The van der Waals surface area contributed by atoms with E-state index < -0.39 is 6.10 Å². The van der Waals surface area contributed by atoms with Crippen molar-refractivity contribution < 1.29 is 23.7 Å². The van der Waals surface area contributed by atoms with Gasteiger partial charge in [0.25, 0.3) is 5.69 Å². The molecule has 3 aliphatic rings. The normalized spacial score (nSPS) is 23.7. The second kappa shape index (κ2) is 11.4. The van der Waals surface area contributed by atoms with Crippen LogP contribution in [0.3, 0.4) is 0 Å².